The molecule has 0 heterocycles. The molecular weight excluding hydrogens is 293 g/mol. The number of benzene rings is 1. The van der Waals surface area contributed by atoms with Crippen LogP contribution >= 0.6 is 23.2 Å². The summed E-state index contributed by atoms with van der Waals surface area (Å²) in [7, 11) is 0. The number of hydrogen-bond acceptors (Lipinski definition) is 1. The van der Waals surface area contributed by atoms with E-state index < -0.39 is 0 Å². The molecule has 1 aliphatic rings. The molecule has 1 aromatic rings. The Labute approximate surface area is 131 Å². The number of aryl methyl sites for hydroxylation is 1. The number of hydrogen-bond donors (Lipinski definition) is 0. The Morgan fingerprint density at radius 2 is 2.00 bits per heavy atom. The smallest absolute Gasteiger partial charge is 0.254 e. The van der Waals surface area contributed by atoms with Crippen LogP contribution in [0.2, 0.25) is 5.02 Å². The van der Waals surface area contributed by atoms with Crippen LogP contribution in [0, 0.1) is 6.92 Å². The highest BCUT2D eigenvalue weighted by Gasteiger charge is 2.25. The Morgan fingerprint density at radius 3 is 2.60 bits per heavy atom. The first-order valence-electron chi connectivity index (χ1n) is 7.26. The van der Waals surface area contributed by atoms with Crippen molar-refractivity contribution in [3.05, 3.63) is 34.3 Å². The molecule has 1 amide bonds. The lowest BCUT2D eigenvalue weighted by molar-refractivity contribution is 0.0649. The summed E-state index contributed by atoms with van der Waals surface area (Å²) in [6, 6.07) is 5.81. The lowest BCUT2D eigenvalue weighted by atomic mass is 9.93. The first-order valence-corrected chi connectivity index (χ1v) is 8.18. The van der Waals surface area contributed by atoms with Crippen molar-refractivity contribution in [2.24, 2.45) is 0 Å². The number of rotatable bonds is 4. The van der Waals surface area contributed by atoms with E-state index in [9.17, 15) is 4.79 Å². The van der Waals surface area contributed by atoms with E-state index in [-0.39, 0.29) is 5.91 Å². The van der Waals surface area contributed by atoms with E-state index in [0.717, 1.165) is 18.4 Å². The number of amides is 1. The number of carbonyl (C=O) groups is 1. The molecule has 0 unspecified atom stereocenters. The minimum atomic E-state index is 0.0808. The summed E-state index contributed by atoms with van der Waals surface area (Å²) >= 11 is 11.9. The Bertz CT molecular complexity index is 470. The van der Waals surface area contributed by atoms with Crippen LogP contribution in [0.25, 0.3) is 0 Å². The van der Waals surface area contributed by atoms with Gasteiger partial charge in [-0.1, -0.05) is 30.9 Å². The molecule has 1 fully saturated rings. The van der Waals surface area contributed by atoms with Gasteiger partial charge >= 0.3 is 0 Å². The number of halogens is 2. The third-order valence-corrected chi connectivity index (χ3v) is 4.60. The topological polar surface area (TPSA) is 20.3 Å². The predicted molar refractivity (Wildman–Crippen MR) is 84.8 cm³/mol. The quantitative estimate of drug-likeness (QED) is 0.740. The van der Waals surface area contributed by atoms with Gasteiger partial charge in [0.25, 0.3) is 5.91 Å². The number of carbonyl (C=O) groups excluding carboxylic acids is 1. The molecule has 4 heteroatoms. The second-order valence-corrected chi connectivity index (χ2v) is 6.23. The fraction of sp³-hybridized carbons (Fsp3) is 0.562. The highest BCUT2D eigenvalue weighted by molar-refractivity contribution is 6.31. The highest BCUT2D eigenvalue weighted by Crippen LogP contribution is 2.25. The molecule has 0 aromatic heterocycles. The molecule has 0 spiro atoms. The second kappa shape index (κ2) is 7.33. The Kier molecular flexibility index (Phi) is 5.74. The van der Waals surface area contributed by atoms with Crippen molar-refractivity contribution in [3.8, 4) is 0 Å². The largest absolute Gasteiger partial charge is 0.334 e. The monoisotopic (exact) mass is 313 g/mol. The molecule has 0 N–H and O–H groups in total. The number of nitrogens with zero attached hydrogens (tertiary/aromatic N) is 1. The minimum Gasteiger partial charge on any atom is -0.334 e. The molecule has 0 bridgehead atoms. The van der Waals surface area contributed by atoms with Gasteiger partial charge in [0.05, 0.1) is 0 Å². The molecular formula is C16H21Cl2NO. The molecule has 0 saturated heterocycles. The van der Waals surface area contributed by atoms with Gasteiger partial charge in [-0.2, -0.15) is 0 Å². The van der Waals surface area contributed by atoms with Crippen LogP contribution in [-0.2, 0) is 0 Å². The molecule has 20 heavy (non-hydrogen) atoms. The minimum absolute atomic E-state index is 0.0808. The van der Waals surface area contributed by atoms with Crippen molar-refractivity contribution in [2.75, 3.05) is 12.4 Å². The van der Waals surface area contributed by atoms with Crippen LogP contribution in [-0.4, -0.2) is 29.3 Å². The maximum absolute atomic E-state index is 12.7. The van der Waals surface area contributed by atoms with Crippen molar-refractivity contribution < 1.29 is 4.79 Å². The first kappa shape index (κ1) is 15.7. The summed E-state index contributed by atoms with van der Waals surface area (Å²) < 4.78 is 0. The molecule has 0 aliphatic heterocycles. The lowest BCUT2D eigenvalue weighted by Gasteiger charge is -2.34. The van der Waals surface area contributed by atoms with Gasteiger partial charge < -0.3 is 4.90 Å². The van der Waals surface area contributed by atoms with Gasteiger partial charge in [0, 0.05) is 29.1 Å². The SMILES string of the molecule is Cc1cc(C(=O)N(CCCl)C2CCCCC2)ccc1Cl. The van der Waals surface area contributed by atoms with Crippen molar-refractivity contribution in [2.45, 2.75) is 45.1 Å². The zero-order valence-electron chi connectivity index (χ0n) is 11.9. The average molecular weight is 314 g/mol. The Hall–Kier alpha value is -0.730. The van der Waals surface area contributed by atoms with Crippen LogP contribution in [0.4, 0.5) is 0 Å². The van der Waals surface area contributed by atoms with E-state index in [1.165, 1.54) is 19.3 Å². The van der Waals surface area contributed by atoms with Crippen LogP contribution in [0.1, 0.15) is 48.0 Å². The van der Waals surface area contributed by atoms with E-state index in [4.69, 9.17) is 23.2 Å². The normalized spacial score (nSPS) is 16.1. The van der Waals surface area contributed by atoms with E-state index >= 15 is 0 Å². The van der Waals surface area contributed by atoms with Gasteiger partial charge in [-0.15, -0.1) is 11.6 Å². The van der Waals surface area contributed by atoms with E-state index in [0.29, 0.717) is 29.1 Å². The standard InChI is InChI=1S/C16H21Cl2NO/c1-12-11-13(7-8-15(12)18)16(20)19(10-9-17)14-5-3-2-4-6-14/h7-8,11,14H,2-6,9-10H2,1H3. The summed E-state index contributed by atoms with van der Waals surface area (Å²) in [6.07, 6.45) is 5.87. The van der Waals surface area contributed by atoms with Crippen molar-refractivity contribution in [1.82, 2.24) is 4.90 Å². The maximum Gasteiger partial charge on any atom is 0.254 e. The third kappa shape index (κ3) is 3.67. The van der Waals surface area contributed by atoms with Crippen molar-refractivity contribution in [1.29, 1.82) is 0 Å². The number of alkyl halides is 1. The summed E-state index contributed by atoms with van der Waals surface area (Å²) in [4.78, 5) is 14.7. The Morgan fingerprint density at radius 1 is 1.30 bits per heavy atom. The van der Waals surface area contributed by atoms with Crippen molar-refractivity contribution in [3.63, 3.8) is 0 Å². The molecule has 0 radical (unpaired) electrons. The highest BCUT2D eigenvalue weighted by atomic mass is 35.5. The zero-order valence-corrected chi connectivity index (χ0v) is 13.4. The van der Waals surface area contributed by atoms with Crippen LogP contribution < -0.4 is 0 Å². The van der Waals surface area contributed by atoms with Crippen LogP contribution in [0.15, 0.2) is 18.2 Å². The average Bonchev–Trinajstić information content (AvgIpc) is 2.48. The Balaban J connectivity index is 2.18. The molecule has 2 rings (SSSR count). The zero-order chi connectivity index (χ0) is 14.5. The summed E-state index contributed by atoms with van der Waals surface area (Å²) in [5, 5.41) is 0.697. The lowest BCUT2D eigenvalue weighted by Crippen LogP contribution is -2.42. The second-order valence-electron chi connectivity index (χ2n) is 5.44. The summed E-state index contributed by atoms with van der Waals surface area (Å²) in [5.41, 5.74) is 1.65. The molecule has 110 valence electrons. The van der Waals surface area contributed by atoms with Gasteiger partial charge in [0.15, 0.2) is 0 Å². The fourth-order valence-electron chi connectivity index (χ4n) is 2.88. The predicted octanol–water partition coefficient (Wildman–Crippen LogP) is 4.66. The van der Waals surface area contributed by atoms with E-state index in [1.54, 1.807) is 6.07 Å². The maximum atomic E-state index is 12.7. The summed E-state index contributed by atoms with van der Waals surface area (Å²) in [6.45, 7) is 2.54. The molecule has 1 aliphatic carbocycles. The van der Waals surface area contributed by atoms with Gasteiger partial charge in [-0.3, -0.25) is 4.79 Å². The van der Waals surface area contributed by atoms with Crippen LogP contribution in [0.5, 0.6) is 0 Å². The van der Waals surface area contributed by atoms with Gasteiger partial charge in [-0.25, -0.2) is 0 Å². The molecule has 2 nitrogen and oxygen atoms in total. The first-order chi connectivity index (χ1) is 9.63. The third-order valence-electron chi connectivity index (χ3n) is 4.01. The van der Waals surface area contributed by atoms with E-state index in [2.05, 4.69) is 0 Å². The van der Waals surface area contributed by atoms with Crippen LogP contribution in [0.3, 0.4) is 0 Å². The van der Waals surface area contributed by atoms with Gasteiger partial charge in [0.1, 0.15) is 0 Å². The van der Waals surface area contributed by atoms with Gasteiger partial charge in [-0.05, 0) is 43.5 Å². The van der Waals surface area contributed by atoms with Crippen molar-refractivity contribution >= 4 is 29.1 Å². The molecule has 0 atom stereocenters. The van der Waals surface area contributed by atoms with Gasteiger partial charge in [0.2, 0.25) is 0 Å². The summed E-state index contributed by atoms with van der Waals surface area (Å²) in [5.74, 6) is 0.562. The van der Waals surface area contributed by atoms with E-state index in [1.807, 2.05) is 24.0 Å². The molecule has 1 saturated carbocycles. The fourth-order valence-corrected chi connectivity index (χ4v) is 3.18. The molecule has 1 aromatic carbocycles.